The topological polar surface area (TPSA) is 48.5 Å². The molecule has 0 aliphatic rings. The highest BCUT2D eigenvalue weighted by molar-refractivity contribution is 6.32. The smallest absolute Gasteiger partial charge is 0.0944 e. The molecule has 150 valence electrons. The van der Waals surface area contributed by atoms with E-state index in [9.17, 15) is 0 Å². The SMILES string of the molecule is CCn1c2c(-c3ccn(Cc4cccnc4C)n3)cc(Cl)cc2c2ccnc(C)c21. The molecule has 0 saturated carbocycles. The highest BCUT2D eigenvalue weighted by Crippen LogP contribution is 2.38. The van der Waals surface area contributed by atoms with E-state index in [1.807, 2.05) is 48.4 Å². The first-order valence-corrected chi connectivity index (χ1v) is 10.5. The van der Waals surface area contributed by atoms with Gasteiger partial charge in [-0.3, -0.25) is 14.6 Å². The van der Waals surface area contributed by atoms with E-state index in [0.29, 0.717) is 11.6 Å². The number of hydrogen-bond donors (Lipinski definition) is 0. The number of fused-ring (bicyclic) bond motifs is 3. The second-order valence-electron chi connectivity index (χ2n) is 7.53. The van der Waals surface area contributed by atoms with Crippen LogP contribution in [-0.4, -0.2) is 24.3 Å². The van der Waals surface area contributed by atoms with Crippen LogP contribution in [0, 0.1) is 13.8 Å². The molecule has 0 aliphatic heterocycles. The minimum atomic E-state index is 0.684. The molecular formula is C24H22ClN5. The predicted octanol–water partition coefficient (Wildman–Crippen LogP) is 5.79. The number of hydrogen-bond acceptors (Lipinski definition) is 3. The Morgan fingerprint density at radius 1 is 0.933 bits per heavy atom. The van der Waals surface area contributed by atoms with Crippen molar-refractivity contribution in [2.45, 2.75) is 33.9 Å². The summed E-state index contributed by atoms with van der Waals surface area (Å²) >= 11 is 6.56. The fourth-order valence-electron chi connectivity index (χ4n) is 4.29. The third kappa shape index (κ3) is 2.97. The van der Waals surface area contributed by atoms with Gasteiger partial charge in [-0.15, -0.1) is 0 Å². The van der Waals surface area contributed by atoms with Crippen molar-refractivity contribution in [1.29, 1.82) is 0 Å². The van der Waals surface area contributed by atoms with Crippen molar-refractivity contribution in [3.05, 3.63) is 77.0 Å². The van der Waals surface area contributed by atoms with Crippen molar-refractivity contribution >= 4 is 33.4 Å². The van der Waals surface area contributed by atoms with Gasteiger partial charge in [0, 0.05) is 52.2 Å². The Balaban J connectivity index is 1.70. The summed E-state index contributed by atoms with van der Waals surface area (Å²) < 4.78 is 4.28. The number of rotatable bonds is 4. The van der Waals surface area contributed by atoms with E-state index in [1.165, 1.54) is 5.39 Å². The van der Waals surface area contributed by atoms with Gasteiger partial charge in [0.05, 0.1) is 29.0 Å². The van der Waals surface area contributed by atoms with Gasteiger partial charge < -0.3 is 4.57 Å². The number of nitrogens with zero attached hydrogens (tertiary/aromatic N) is 5. The van der Waals surface area contributed by atoms with Crippen LogP contribution in [0.1, 0.15) is 23.9 Å². The summed E-state index contributed by atoms with van der Waals surface area (Å²) in [6.07, 6.45) is 5.69. The molecule has 30 heavy (non-hydrogen) atoms. The van der Waals surface area contributed by atoms with Gasteiger partial charge in [0.25, 0.3) is 0 Å². The fraction of sp³-hybridized carbons (Fsp3) is 0.208. The number of pyridine rings is 2. The van der Waals surface area contributed by atoms with Crippen molar-refractivity contribution in [2.24, 2.45) is 0 Å². The van der Waals surface area contributed by atoms with Crippen molar-refractivity contribution in [1.82, 2.24) is 24.3 Å². The average molecular weight is 416 g/mol. The van der Waals surface area contributed by atoms with E-state index in [4.69, 9.17) is 16.7 Å². The minimum absolute atomic E-state index is 0.684. The molecule has 0 amide bonds. The van der Waals surface area contributed by atoms with Crippen LogP contribution in [0.25, 0.3) is 33.1 Å². The first kappa shape index (κ1) is 18.8. The Hall–Kier alpha value is -3.18. The second-order valence-corrected chi connectivity index (χ2v) is 7.97. The lowest BCUT2D eigenvalue weighted by atomic mass is 10.1. The number of aryl methyl sites for hydroxylation is 3. The van der Waals surface area contributed by atoms with Crippen LogP contribution < -0.4 is 0 Å². The standard InChI is InChI=1S/C24H22ClN5/c1-4-30-23-16(3)27-10-7-19(23)20-12-18(25)13-21(24(20)30)22-8-11-29(28-22)14-17-6-5-9-26-15(17)2/h5-13H,4,14H2,1-3H3. The molecule has 0 fully saturated rings. The number of halogens is 1. The van der Waals surface area contributed by atoms with Gasteiger partial charge in [0.1, 0.15) is 0 Å². The van der Waals surface area contributed by atoms with Gasteiger partial charge >= 0.3 is 0 Å². The summed E-state index contributed by atoms with van der Waals surface area (Å²) in [5, 5.41) is 7.90. The highest BCUT2D eigenvalue weighted by Gasteiger charge is 2.18. The van der Waals surface area contributed by atoms with Crippen LogP contribution in [0.2, 0.25) is 5.02 Å². The number of aromatic nitrogens is 5. The predicted molar refractivity (Wildman–Crippen MR) is 122 cm³/mol. The molecular weight excluding hydrogens is 394 g/mol. The third-order valence-electron chi connectivity index (χ3n) is 5.69. The Bertz CT molecular complexity index is 1400. The molecule has 0 bridgehead atoms. The molecule has 5 rings (SSSR count). The molecule has 6 heteroatoms. The Morgan fingerprint density at radius 3 is 2.57 bits per heavy atom. The van der Waals surface area contributed by atoms with Gasteiger partial charge in [0.15, 0.2) is 0 Å². The van der Waals surface area contributed by atoms with Crippen molar-refractivity contribution in [3.8, 4) is 11.3 Å². The second kappa shape index (κ2) is 7.26. The van der Waals surface area contributed by atoms with Crippen molar-refractivity contribution in [2.75, 3.05) is 0 Å². The van der Waals surface area contributed by atoms with Crippen LogP contribution in [-0.2, 0) is 13.1 Å². The Labute approximate surface area is 180 Å². The molecule has 4 aromatic heterocycles. The molecule has 0 saturated heterocycles. The molecule has 0 spiro atoms. The van der Waals surface area contributed by atoms with Gasteiger partial charge in [-0.2, -0.15) is 5.10 Å². The Kier molecular flexibility index (Phi) is 4.55. The van der Waals surface area contributed by atoms with Crippen molar-refractivity contribution in [3.63, 3.8) is 0 Å². The van der Waals surface area contributed by atoms with Crippen molar-refractivity contribution < 1.29 is 0 Å². The molecule has 5 nitrogen and oxygen atoms in total. The van der Waals surface area contributed by atoms with Crippen LogP contribution in [0.3, 0.4) is 0 Å². The lowest BCUT2D eigenvalue weighted by molar-refractivity contribution is 0.683. The van der Waals surface area contributed by atoms with E-state index in [-0.39, 0.29) is 0 Å². The summed E-state index contributed by atoms with van der Waals surface area (Å²) in [7, 11) is 0. The molecule has 4 heterocycles. The van der Waals surface area contributed by atoms with E-state index in [2.05, 4.69) is 46.6 Å². The maximum Gasteiger partial charge on any atom is 0.0944 e. The molecule has 1 aromatic carbocycles. The largest absolute Gasteiger partial charge is 0.339 e. The number of benzene rings is 1. The summed E-state index contributed by atoms with van der Waals surface area (Å²) in [4.78, 5) is 8.90. The Morgan fingerprint density at radius 2 is 1.77 bits per heavy atom. The first-order chi connectivity index (χ1) is 14.6. The fourth-order valence-corrected chi connectivity index (χ4v) is 4.51. The third-order valence-corrected chi connectivity index (χ3v) is 5.91. The summed E-state index contributed by atoms with van der Waals surface area (Å²) in [5.74, 6) is 0. The summed E-state index contributed by atoms with van der Waals surface area (Å²) in [6, 6.07) is 12.2. The highest BCUT2D eigenvalue weighted by atomic mass is 35.5. The van der Waals surface area contributed by atoms with Crippen LogP contribution >= 0.6 is 11.6 Å². The zero-order valence-electron chi connectivity index (χ0n) is 17.2. The van der Waals surface area contributed by atoms with Gasteiger partial charge in [0.2, 0.25) is 0 Å². The molecule has 0 atom stereocenters. The summed E-state index contributed by atoms with van der Waals surface area (Å²) in [5.41, 5.74) is 7.45. The van der Waals surface area contributed by atoms with Gasteiger partial charge in [-0.1, -0.05) is 17.7 Å². The monoisotopic (exact) mass is 415 g/mol. The lowest BCUT2D eigenvalue weighted by Gasteiger charge is -2.09. The molecule has 0 radical (unpaired) electrons. The zero-order chi connectivity index (χ0) is 20.8. The van der Waals surface area contributed by atoms with Crippen LogP contribution in [0.5, 0.6) is 0 Å². The molecule has 0 N–H and O–H groups in total. The summed E-state index contributed by atoms with van der Waals surface area (Å²) in [6.45, 7) is 7.77. The maximum atomic E-state index is 6.56. The van der Waals surface area contributed by atoms with Gasteiger partial charge in [-0.05, 0) is 56.7 Å². The zero-order valence-corrected chi connectivity index (χ0v) is 18.0. The lowest BCUT2D eigenvalue weighted by Crippen LogP contribution is -2.03. The average Bonchev–Trinajstić information content (AvgIpc) is 3.32. The quantitative estimate of drug-likeness (QED) is 0.373. The molecule has 0 aliphatic carbocycles. The normalized spacial score (nSPS) is 11.6. The van der Waals surface area contributed by atoms with E-state index < -0.39 is 0 Å². The van der Waals surface area contributed by atoms with E-state index in [1.54, 1.807) is 0 Å². The van der Waals surface area contributed by atoms with E-state index >= 15 is 0 Å². The first-order valence-electron chi connectivity index (χ1n) is 10.1. The molecule has 5 aromatic rings. The van der Waals surface area contributed by atoms with Gasteiger partial charge in [-0.25, -0.2) is 0 Å². The van der Waals surface area contributed by atoms with Crippen LogP contribution in [0.15, 0.2) is 55.0 Å². The van der Waals surface area contributed by atoms with Crippen LogP contribution in [0.4, 0.5) is 0 Å². The molecule has 0 unspecified atom stereocenters. The van der Waals surface area contributed by atoms with E-state index in [0.717, 1.165) is 51.2 Å². The maximum absolute atomic E-state index is 6.56. The minimum Gasteiger partial charge on any atom is -0.339 e.